The van der Waals surface area contributed by atoms with Crippen LogP contribution in [0, 0.1) is 5.92 Å². The maximum atomic E-state index is 12.0. The first kappa shape index (κ1) is 17.0. The van der Waals surface area contributed by atoms with Crippen LogP contribution in [0.5, 0.6) is 11.5 Å². The van der Waals surface area contributed by atoms with Gasteiger partial charge < -0.3 is 20.1 Å². The van der Waals surface area contributed by atoms with Crippen LogP contribution in [-0.2, 0) is 6.54 Å². The van der Waals surface area contributed by atoms with Crippen molar-refractivity contribution in [2.75, 3.05) is 18.7 Å². The summed E-state index contributed by atoms with van der Waals surface area (Å²) < 4.78 is 10.6. The minimum Gasteiger partial charge on any atom is -0.454 e. The summed E-state index contributed by atoms with van der Waals surface area (Å²) in [5.41, 5.74) is 1.36. The van der Waals surface area contributed by atoms with Crippen molar-refractivity contribution in [3.05, 3.63) is 41.6 Å². The zero-order valence-electron chi connectivity index (χ0n) is 14.4. The van der Waals surface area contributed by atoms with Crippen molar-refractivity contribution in [2.24, 2.45) is 5.92 Å². The van der Waals surface area contributed by atoms with Crippen LogP contribution in [-0.4, -0.2) is 29.4 Å². The normalized spacial score (nSPS) is 12.3. The Kier molecular flexibility index (Phi) is 5.33. The number of aromatic nitrogens is 2. The van der Waals surface area contributed by atoms with Gasteiger partial charge in [-0.15, -0.1) is 10.2 Å². The van der Waals surface area contributed by atoms with E-state index in [4.69, 9.17) is 9.47 Å². The van der Waals surface area contributed by atoms with E-state index in [0.717, 1.165) is 23.5 Å². The lowest BCUT2D eigenvalue weighted by molar-refractivity contribution is 0.0946. The topological polar surface area (TPSA) is 85.4 Å². The van der Waals surface area contributed by atoms with Crippen molar-refractivity contribution >= 4 is 11.7 Å². The molecule has 2 heterocycles. The fourth-order valence-corrected chi connectivity index (χ4v) is 2.36. The number of benzene rings is 1. The molecule has 1 aliphatic heterocycles. The van der Waals surface area contributed by atoms with Crippen LogP contribution in [0.2, 0.25) is 0 Å². The Morgan fingerprint density at radius 1 is 1.16 bits per heavy atom. The van der Waals surface area contributed by atoms with Crippen LogP contribution < -0.4 is 20.1 Å². The number of hydrogen-bond donors (Lipinski definition) is 2. The summed E-state index contributed by atoms with van der Waals surface area (Å²) in [6.45, 7) is 5.71. The predicted molar refractivity (Wildman–Crippen MR) is 93.7 cm³/mol. The number of carbonyl (C=O) groups is 1. The molecule has 1 aliphatic rings. The molecule has 0 aliphatic carbocycles. The molecular weight excluding hydrogens is 320 g/mol. The molecule has 7 nitrogen and oxygen atoms in total. The predicted octanol–water partition coefficient (Wildman–Crippen LogP) is 2.59. The number of ether oxygens (including phenoxy) is 2. The van der Waals surface area contributed by atoms with E-state index in [1.807, 2.05) is 18.2 Å². The zero-order valence-corrected chi connectivity index (χ0v) is 14.4. The fraction of sp³-hybridized carbons (Fsp3) is 0.389. The molecule has 0 bridgehead atoms. The molecule has 0 fully saturated rings. The van der Waals surface area contributed by atoms with Gasteiger partial charge in [-0.2, -0.15) is 0 Å². The first-order valence-corrected chi connectivity index (χ1v) is 8.36. The number of nitrogens with one attached hydrogen (secondary N) is 2. The van der Waals surface area contributed by atoms with Crippen molar-refractivity contribution in [3.63, 3.8) is 0 Å². The van der Waals surface area contributed by atoms with Gasteiger partial charge in [0.15, 0.2) is 17.2 Å². The number of anilines is 1. The van der Waals surface area contributed by atoms with E-state index < -0.39 is 0 Å². The SMILES string of the molecule is CC(C)CCNC(=O)c1ccc(NCc2ccc3c(c2)OCO3)nn1. The van der Waals surface area contributed by atoms with E-state index in [2.05, 4.69) is 34.7 Å². The summed E-state index contributed by atoms with van der Waals surface area (Å²) in [7, 11) is 0. The highest BCUT2D eigenvalue weighted by Crippen LogP contribution is 2.32. The maximum absolute atomic E-state index is 12.0. The van der Waals surface area contributed by atoms with Crippen LogP contribution in [0.1, 0.15) is 36.3 Å². The summed E-state index contributed by atoms with van der Waals surface area (Å²) in [4.78, 5) is 12.0. The molecule has 2 N–H and O–H groups in total. The highest BCUT2D eigenvalue weighted by Gasteiger charge is 2.13. The summed E-state index contributed by atoms with van der Waals surface area (Å²) in [5, 5.41) is 14.0. The monoisotopic (exact) mass is 342 g/mol. The van der Waals surface area contributed by atoms with Gasteiger partial charge in [-0.05, 0) is 42.2 Å². The molecule has 0 radical (unpaired) electrons. The Hall–Kier alpha value is -2.83. The number of hydrogen-bond acceptors (Lipinski definition) is 6. The van der Waals surface area contributed by atoms with Gasteiger partial charge >= 0.3 is 0 Å². The van der Waals surface area contributed by atoms with E-state index in [9.17, 15) is 4.79 Å². The molecule has 3 rings (SSSR count). The molecule has 7 heteroatoms. The lowest BCUT2D eigenvalue weighted by atomic mass is 10.1. The lowest BCUT2D eigenvalue weighted by Crippen LogP contribution is -2.26. The second-order valence-corrected chi connectivity index (χ2v) is 6.28. The van der Waals surface area contributed by atoms with Crippen LogP contribution in [0.15, 0.2) is 30.3 Å². The largest absolute Gasteiger partial charge is 0.454 e. The molecule has 2 aromatic rings. The molecule has 0 saturated heterocycles. The Balaban J connectivity index is 1.51. The lowest BCUT2D eigenvalue weighted by Gasteiger charge is -2.08. The molecule has 1 aromatic heterocycles. The first-order chi connectivity index (χ1) is 12.1. The van der Waals surface area contributed by atoms with Crippen molar-refractivity contribution in [1.82, 2.24) is 15.5 Å². The minimum absolute atomic E-state index is 0.199. The van der Waals surface area contributed by atoms with Gasteiger partial charge in [0.25, 0.3) is 5.91 Å². The third-order valence-electron chi connectivity index (χ3n) is 3.82. The van der Waals surface area contributed by atoms with Crippen molar-refractivity contribution in [3.8, 4) is 11.5 Å². The molecular formula is C18H22N4O3. The van der Waals surface area contributed by atoms with E-state index in [-0.39, 0.29) is 12.7 Å². The molecule has 0 unspecified atom stereocenters. The Morgan fingerprint density at radius 3 is 2.76 bits per heavy atom. The van der Waals surface area contributed by atoms with E-state index in [1.165, 1.54) is 0 Å². The van der Waals surface area contributed by atoms with Gasteiger partial charge in [0.05, 0.1) is 0 Å². The van der Waals surface area contributed by atoms with Crippen molar-refractivity contribution in [2.45, 2.75) is 26.8 Å². The highest BCUT2D eigenvalue weighted by molar-refractivity contribution is 5.92. The standard InChI is InChI=1S/C18H22N4O3/c1-12(2)7-8-19-18(23)14-4-6-17(22-21-14)20-10-13-3-5-15-16(9-13)25-11-24-15/h3-6,9,12H,7-8,10-11H2,1-2H3,(H,19,23)(H,20,22). The fourth-order valence-electron chi connectivity index (χ4n) is 2.36. The van der Waals surface area contributed by atoms with Crippen LogP contribution >= 0.6 is 0 Å². The van der Waals surface area contributed by atoms with Gasteiger partial charge in [0, 0.05) is 13.1 Å². The molecule has 1 amide bonds. The number of amides is 1. The molecule has 132 valence electrons. The molecule has 0 saturated carbocycles. The second-order valence-electron chi connectivity index (χ2n) is 6.28. The Labute approximate surface area is 146 Å². The Bertz CT molecular complexity index is 732. The third-order valence-corrected chi connectivity index (χ3v) is 3.82. The summed E-state index contributed by atoms with van der Waals surface area (Å²) in [5.74, 6) is 2.47. The first-order valence-electron chi connectivity index (χ1n) is 8.36. The minimum atomic E-state index is -0.199. The maximum Gasteiger partial charge on any atom is 0.271 e. The van der Waals surface area contributed by atoms with Crippen LogP contribution in [0.3, 0.4) is 0 Å². The smallest absolute Gasteiger partial charge is 0.271 e. The average molecular weight is 342 g/mol. The van der Waals surface area contributed by atoms with Gasteiger partial charge in [0.1, 0.15) is 5.82 Å². The summed E-state index contributed by atoms with van der Waals surface area (Å²) in [6, 6.07) is 9.19. The Morgan fingerprint density at radius 2 is 2.00 bits per heavy atom. The summed E-state index contributed by atoms with van der Waals surface area (Å²) in [6.07, 6.45) is 0.939. The molecule has 1 aromatic carbocycles. The zero-order chi connectivity index (χ0) is 17.6. The number of nitrogens with zero attached hydrogens (tertiary/aromatic N) is 2. The van der Waals surface area contributed by atoms with Crippen molar-refractivity contribution < 1.29 is 14.3 Å². The quantitative estimate of drug-likeness (QED) is 0.804. The molecule has 25 heavy (non-hydrogen) atoms. The second kappa shape index (κ2) is 7.83. The van der Waals surface area contributed by atoms with E-state index >= 15 is 0 Å². The number of fused-ring (bicyclic) bond motifs is 1. The highest BCUT2D eigenvalue weighted by atomic mass is 16.7. The van der Waals surface area contributed by atoms with Gasteiger partial charge in [-0.3, -0.25) is 4.79 Å². The molecule has 0 atom stereocenters. The number of carbonyl (C=O) groups excluding carboxylic acids is 1. The molecule has 0 spiro atoms. The number of rotatable bonds is 7. The van der Waals surface area contributed by atoms with Gasteiger partial charge in [-0.1, -0.05) is 19.9 Å². The van der Waals surface area contributed by atoms with Crippen molar-refractivity contribution in [1.29, 1.82) is 0 Å². The third kappa shape index (κ3) is 4.59. The van der Waals surface area contributed by atoms with Crippen LogP contribution in [0.25, 0.3) is 0 Å². The van der Waals surface area contributed by atoms with Gasteiger partial charge in [-0.25, -0.2) is 0 Å². The average Bonchev–Trinajstić information content (AvgIpc) is 3.07. The van der Waals surface area contributed by atoms with E-state index in [1.54, 1.807) is 12.1 Å². The van der Waals surface area contributed by atoms with Gasteiger partial charge in [0.2, 0.25) is 6.79 Å². The summed E-state index contributed by atoms with van der Waals surface area (Å²) >= 11 is 0. The van der Waals surface area contributed by atoms with Crippen LogP contribution in [0.4, 0.5) is 5.82 Å². The van der Waals surface area contributed by atoms with E-state index in [0.29, 0.717) is 30.5 Å².